The summed E-state index contributed by atoms with van der Waals surface area (Å²) in [5, 5.41) is 15.3. The Hall–Kier alpha value is -3.39. The molecule has 0 radical (unpaired) electrons. The summed E-state index contributed by atoms with van der Waals surface area (Å²) in [5.74, 6) is -0.770. The number of fused-ring (bicyclic) bond motifs is 1. The molecule has 1 unspecified atom stereocenters. The van der Waals surface area contributed by atoms with Gasteiger partial charge >= 0.3 is 0 Å². The smallest absolute Gasteiger partial charge is 0.257 e. The van der Waals surface area contributed by atoms with Gasteiger partial charge in [-0.1, -0.05) is 18.2 Å². The number of H-pyrrole nitrogens is 1. The predicted molar refractivity (Wildman–Crippen MR) is 114 cm³/mol. The van der Waals surface area contributed by atoms with E-state index in [4.69, 9.17) is 5.73 Å². The van der Waals surface area contributed by atoms with Crippen LogP contribution in [0.5, 0.6) is 5.75 Å². The number of primary amides is 1. The second-order valence-electron chi connectivity index (χ2n) is 6.66. The van der Waals surface area contributed by atoms with E-state index in [1.54, 1.807) is 18.3 Å². The molecule has 3 heterocycles. The van der Waals surface area contributed by atoms with Crippen LogP contribution < -0.4 is 11.1 Å². The lowest BCUT2D eigenvalue weighted by atomic mass is 10.1. The maximum Gasteiger partial charge on any atom is 0.257 e. The summed E-state index contributed by atoms with van der Waals surface area (Å²) in [6, 6.07) is 9.49. The predicted octanol–water partition coefficient (Wildman–Crippen LogP) is 2.20. The second-order valence-corrected chi connectivity index (χ2v) is 8.55. The van der Waals surface area contributed by atoms with Gasteiger partial charge in [0, 0.05) is 29.1 Å². The Balaban J connectivity index is 1.55. The van der Waals surface area contributed by atoms with Crippen LogP contribution in [0, 0.1) is 0 Å². The first-order valence-corrected chi connectivity index (χ1v) is 10.4. The molecule has 0 fully saturated rings. The van der Waals surface area contributed by atoms with Gasteiger partial charge in [-0.05, 0) is 41.6 Å². The number of benzene rings is 1. The molecule has 148 valence electrons. The molecule has 1 aliphatic heterocycles. The maximum absolute atomic E-state index is 13.0. The average Bonchev–Trinajstić information content (AvgIpc) is 3.38. The van der Waals surface area contributed by atoms with E-state index in [2.05, 4.69) is 20.7 Å². The molecule has 4 rings (SSSR count). The van der Waals surface area contributed by atoms with E-state index >= 15 is 0 Å². The van der Waals surface area contributed by atoms with Gasteiger partial charge in [-0.25, -0.2) is 4.98 Å². The maximum atomic E-state index is 13.0. The van der Waals surface area contributed by atoms with E-state index in [1.165, 1.54) is 12.1 Å². The van der Waals surface area contributed by atoms with E-state index in [-0.39, 0.29) is 18.1 Å². The number of nitrogens with zero attached hydrogens (tertiary/aromatic N) is 1. The number of allylic oxidation sites excluding steroid dienone is 1. The summed E-state index contributed by atoms with van der Waals surface area (Å²) in [6.07, 6.45) is 6.36. The van der Waals surface area contributed by atoms with Crippen molar-refractivity contribution in [2.24, 2.45) is 5.73 Å². The Morgan fingerprint density at radius 2 is 2.03 bits per heavy atom. The number of aromatic nitrogens is 2. The molecule has 8 heteroatoms. The van der Waals surface area contributed by atoms with Crippen molar-refractivity contribution in [3.63, 3.8) is 0 Å². The molecule has 0 saturated heterocycles. The molecule has 1 aromatic carbocycles. The van der Waals surface area contributed by atoms with E-state index in [0.717, 1.165) is 21.5 Å². The summed E-state index contributed by atoms with van der Waals surface area (Å²) in [6.45, 7) is 0. The van der Waals surface area contributed by atoms with Gasteiger partial charge in [-0.15, -0.1) is 10.5 Å². The highest BCUT2D eigenvalue weighted by molar-refractivity contribution is 8.19. The molecule has 2 aromatic heterocycles. The number of carbonyl (C=O) groups is 2. The third kappa shape index (κ3) is 3.93. The van der Waals surface area contributed by atoms with Gasteiger partial charge in [0.15, 0.2) is 0 Å². The summed E-state index contributed by atoms with van der Waals surface area (Å²) >= 11 is 0. The monoisotopic (exact) mass is 408 g/mol. The van der Waals surface area contributed by atoms with Gasteiger partial charge in [-0.2, -0.15) is 0 Å². The fraction of sp³-hybridized carbons (Fsp3) is 0.143. The molecule has 29 heavy (non-hydrogen) atoms. The van der Waals surface area contributed by atoms with Crippen LogP contribution >= 0.6 is 10.5 Å². The number of nitrogens with one attached hydrogen (secondary N) is 2. The third-order valence-corrected chi connectivity index (χ3v) is 6.89. The molecular formula is C21H20N4O3S. The van der Waals surface area contributed by atoms with E-state index in [1.807, 2.05) is 24.4 Å². The highest BCUT2D eigenvalue weighted by Gasteiger charge is 2.25. The minimum absolute atomic E-state index is 0.137. The summed E-state index contributed by atoms with van der Waals surface area (Å²) in [5.41, 5.74) is 7.10. The number of phenols is 1. The second kappa shape index (κ2) is 7.92. The van der Waals surface area contributed by atoms with Gasteiger partial charge in [0.05, 0.1) is 4.91 Å². The van der Waals surface area contributed by atoms with Crippen molar-refractivity contribution in [2.75, 3.05) is 0 Å². The lowest BCUT2D eigenvalue weighted by Crippen LogP contribution is -2.46. The largest absolute Gasteiger partial charge is 0.508 e. The van der Waals surface area contributed by atoms with Crippen LogP contribution in [0.4, 0.5) is 0 Å². The fourth-order valence-corrected chi connectivity index (χ4v) is 5.31. The molecule has 0 spiro atoms. The molecule has 5 N–H and O–H groups in total. The number of aromatic amines is 1. The van der Waals surface area contributed by atoms with Gasteiger partial charge in [0.2, 0.25) is 5.91 Å². The Bertz CT molecular complexity index is 1150. The Labute approximate surface area is 169 Å². The minimum Gasteiger partial charge on any atom is -0.508 e. The summed E-state index contributed by atoms with van der Waals surface area (Å²) in [7, 11) is -0.512. The van der Waals surface area contributed by atoms with Gasteiger partial charge in [0.25, 0.3) is 5.91 Å². The third-order valence-electron chi connectivity index (χ3n) is 4.71. The molecular weight excluding hydrogens is 388 g/mol. The van der Waals surface area contributed by atoms with Crippen molar-refractivity contribution < 1.29 is 14.7 Å². The fourth-order valence-electron chi connectivity index (χ4n) is 3.28. The standard InChI is InChI=1S/C21H20N4O3S/c22-19(27)16(12-13-3-5-14(26)6-4-13)25-21(28)18-2-1-11-29(18)17-8-10-24-20-15(17)7-9-23-20/h2-11,16,26H,1,12H2,(H2,22,27)(H,23,24)(H,25,28)/t16-,29?/m0/s1. The number of pyridine rings is 1. The van der Waals surface area contributed by atoms with Gasteiger partial charge in [0.1, 0.15) is 17.4 Å². The van der Waals surface area contributed by atoms with Crippen molar-refractivity contribution in [1.29, 1.82) is 0 Å². The van der Waals surface area contributed by atoms with Gasteiger partial charge in [-0.3, -0.25) is 9.59 Å². The lowest BCUT2D eigenvalue weighted by Gasteiger charge is -2.18. The Morgan fingerprint density at radius 1 is 1.24 bits per heavy atom. The molecule has 2 atom stereocenters. The van der Waals surface area contributed by atoms with Crippen LogP contribution in [0.15, 0.2) is 64.7 Å². The molecule has 3 aromatic rings. The van der Waals surface area contributed by atoms with Crippen molar-refractivity contribution in [2.45, 2.75) is 23.8 Å². The van der Waals surface area contributed by atoms with Crippen LogP contribution in [0.3, 0.4) is 0 Å². The van der Waals surface area contributed by atoms with Crippen LogP contribution in [0.2, 0.25) is 0 Å². The average molecular weight is 408 g/mol. The Kier molecular flexibility index (Phi) is 5.18. The molecule has 7 nitrogen and oxygen atoms in total. The van der Waals surface area contributed by atoms with Crippen LogP contribution in [0.1, 0.15) is 12.0 Å². The highest BCUT2D eigenvalue weighted by atomic mass is 32.2. The van der Waals surface area contributed by atoms with Crippen LogP contribution in [-0.2, 0) is 16.0 Å². The van der Waals surface area contributed by atoms with Crippen molar-refractivity contribution >= 4 is 38.7 Å². The highest BCUT2D eigenvalue weighted by Crippen LogP contribution is 2.41. The normalized spacial score (nSPS) is 16.8. The summed E-state index contributed by atoms with van der Waals surface area (Å²) < 4.78 is 0. The zero-order valence-corrected chi connectivity index (χ0v) is 16.3. The van der Waals surface area contributed by atoms with Gasteiger partial charge < -0.3 is 21.1 Å². The number of hydrogen-bond donors (Lipinski definition) is 4. The first kappa shape index (κ1) is 18.9. The summed E-state index contributed by atoms with van der Waals surface area (Å²) in [4.78, 5) is 34.0. The molecule has 0 aliphatic carbocycles. The quantitative estimate of drug-likeness (QED) is 0.467. The van der Waals surface area contributed by atoms with Crippen molar-refractivity contribution in [3.8, 4) is 5.75 Å². The topological polar surface area (TPSA) is 121 Å². The SMILES string of the molecule is NC(=O)[C@H](Cc1ccc(O)cc1)NC(=O)C1=CCC=S1c1ccnc2[nH]ccc12. The molecule has 1 aliphatic rings. The van der Waals surface area contributed by atoms with Crippen molar-refractivity contribution in [1.82, 2.24) is 15.3 Å². The number of amides is 2. The van der Waals surface area contributed by atoms with E-state index < -0.39 is 22.4 Å². The number of nitrogens with two attached hydrogens (primary N) is 1. The Morgan fingerprint density at radius 3 is 2.79 bits per heavy atom. The first-order chi connectivity index (χ1) is 14.0. The number of rotatable bonds is 6. The zero-order chi connectivity index (χ0) is 20.4. The first-order valence-electron chi connectivity index (χ1n) is 9.09. The lowest BCUT2D eigenvalue weighted by molar-refractivity contribution is -0.125. The zero-order valence-electron chi connectivity index (χ0n) is 15.5. The number of phenolic OH excluding ortho intramolecular Hbond substituents is 1. The number of carbonyl (C=O) groups excluding carboxylic acids is 2. The van der Waals surface area contributed by atoms with E-state index in [9.17, 15) is 14.7 Å². The minimum atomic E-state index is -0.844. The molecule has 0 saturated carbocycles. The van der Waals surface area contributed by atoms with E-state index in [0.29, 0.717) is 11.3 Å². The number of aromatic hydroxyl groups is 1. The number of hydrogen-bond acceptors (Lipinski definition) is 4. The molecule has 2 amide bonds. The van der Waals surface area contributed by atoms with Crippen LogP contribution in [-0.4, -0.2) is 38.3 Å². The van der Waals surface area contributed by atoms with Crippen molar-refractivity contribution in [3.05, 3.63) is 65.3 Å². The van der Waals surface area contributed by atoms with Crippen LogP contribution in [0.25, 0.3) is 11.0 Å². The molecule has 0 bridgehead atoms.